The number of H-pyrrole nitrogens is 1. The molecule has 0 aliphatic carbocycles. The van der Waals surface area contributed by atoms with Crippen LogP contribution in [0.2, 0.25) is 5.02 Å². The van der Waals surface area contributed by atoms with Gasteiger partial charge in [0.05, 0.1) is 6.04 Å². The Balaban J connectivity index is 0.00000192. The third kappa shape index (κ3) is 3.86. The number of hydrogen-bond acceptors (Lipinski definition) is 3. The van der Waals surface area contributed by atoms with Crippen LogP contribution in [0.1, 0.15) is 46.7 Å². The second kappa shape index (κ2) is 7.81. The van der Waals surface area contributed by atoms with Crippen molar-refractivity contribution >= 4 is 29.9 Å². The highest BCUT2D eigenvalue weighted by atomic mass is 35.5. The van der Waals surface area contributed by atoms with Crippen molar-refractivity contribution in [3.05, 3.63) is 51.8 Å². The lowest BCUT2D eigenvalue weighted by molar-refractivity contribution is 0.0929. The quantitative estimate of drug-likeness (QED) is 0.790. The van der Waals surface area contributed by atoms with Crippen molar-refractivity contribution in [1.82, 2.24) is 20.8 Å². The first-order chi connectivity index (χ1) is 10.7. The van der Waals surface area contributed by atoms with Gasteiger partial charge in [0.15, 0.2) is 5.69 Å². The molecule has 0 bridgehead atoms. The molecule has 2 aromatic rings. The lowest BCUT2D eigenvalue weighted by atomic mass is 10.0. The molecule has 3 rings (SSSR count). The van der Waals surface area contributed by atoms with Crippen molar-refractivity contribution in [3.63, 3.8) is 0 Å². The molecule has 3 N–H and O–H groups in total. The Morgan fingerprint density at radius 2 is 2.13 bits per heavy atom. The van der Waals surface area contributed by atoms with E-state index in [0.29, 0.717) is 17.3 Å². The summed E-state index contributed by atoms with van der Waals surface area (Å²) in [6, 6.07) is 7.52. The van der Waals surface area contributed by atoms with Gasteiger partial charge in [0, 0.05) is 35.8 Å². The van der Waals surface area contributed by atoms with Crippen LogP contribution in [0.5, 0.6) is 0 Å². The summed E-state index contributed by atoms with van der Waals surface area (Å²) in [6.45, 7) is 3.64. The van der Waals surface area contributed by atoms with E-state index in [1.54, 1.807) is 0 Å². The molecule has 1 aromatic carbocycles. The highest BCUT2D eigenvalue weighted by Crippen LogP contribution is 2.21. The molecule has 23 heavy (non-hydrogen) atoms. The van der Waals surface area contributed by atoms with E-state index >= 15 is 0 Å². The van der Waals surface area contributed by atoms with Gasteiger partial charge in [-0.15, -0.1) is 12.4 Å². The molecule has 0 spiro atoms. The molecular formula is C16H20Cl2N4O. The van der Waals surface area contributed by atoms with Crippen molar-refractivity contribution in [2.45, 2.75) is 32.4 Å². The molecule has 1 aromatic heterocycles. The van der Waals surface area contributed by atoms with Crippen molar-refractivity contribution in [1.29, 1.82) is 0 Å². The maximum Gasteiger partial charge on any atom is 0.272 e. The number of rotatable bonds is 4. The van der Waals surface area contributed by atoms with E-state index in [-0.39, 0.29) is 24.4 Å². The van der Waals surface area contributed by atoms with E-state index in [1.165, 1.54) is 0 Å². The van der Waals surface area contributed by atoms with Crippen LogP contribution >= 0.6 is 24.0 Å². The third-order valence-corrected chi connectivity index (χ3v) is 4.26. The van der Waals surface area contributed by atoms with E-state index in [1.807, 2.05) is 31.2 Å². The summed E-state index contributed by atoms with van der Waals surface area (Å²) < 4.78 is 0. The molecule has 1 aliphatic rings. The fraction of sp³-hybridized carbons (Fsp3) is 0.375. The molecule has 1 aliphatic heterocycles. The predicted octanol–water partition coefficient (Wildman–Crippen LogP) is 3.01. The standard InChI is InChI=1S/C16H19ClN4O.ClH/c1-2-13(10-3-5-11(17)6-4-10)19-16(22)15-12-9-18-8-7-14(12)20-21-15;/h3-6,13,18H,2,7-9H2,1H3,(H,19,22)(H,20,21);1H. The van der Waals surface area contributed by atoms with Gasteiger partial charge in [0.25, 0.3) is 5.91 Å². The predicted molar refractivity (Wildman–Crippen MR) is 93.2 cm³/mol. The fourth-order valence-electron chi connectivity index (χ4n) is 2.76. The zero-order chi connectivity index (χ0) is 15.5. The number of amides is 1. The molecular weight excluding hydrogens is 335 g/mol. The summed E-state index contributed by atoms with van der Waals surface area (Å²) in [5, 5.41) is 14.2. The minimum atomic E-state index is -0.136. The van der Waals surface area contributed by atoms with Crippen LogP contribution in [0.4, 0.5) is 0 Å². The number of fused-ring (bicyclic) bond motifs is 1. The average Bonchev–Trinajstić information content (AvgIpc) is 2.97. The Hall–Kier alpha value is -1.56. The van der Waals surface area contributed by atoms with E-state index in [9.17, 15) is 4.79 Å². The normalized spacial score (nSPS) is 14.5. The molecule has 1 atom stereocenters. The van der Waals surface area contributed by atoms with Crippen LogP contribution < -0.4 is 10.6 Å². The molecule has 1 unspecified atom stereocenters. The van der Waals surface area contributed by atoms with Gasteiger partial charge in [-0.3, -0.25) is 9.89 Å². The topological polar surface area (TPSA) is 69.8 Å². The zero-order valence-electron chi connectivity index (χ0n) is 12.9. The lowest BCUT2D eigenvalue weighted by Crippen LogP contribution is -2.31. The first-order valence-corrected chi connectivity index (χ1v) is 7.90. The minimum absolute atomic E-state index is 0. The molecule has 5 nitrogen and oxygen atoms in total. The summed E-state index contributed by atoms with van der Waals surface area (Å²) in [4.78, 5) is 12.5. The number of nitrogens with one attached hydrogen (secondary N) is 3. The monoisotopic (exact) mass is 354 g/mol. The van der Waals surface area contributed by atoms with E-state index in [4.69, 9.17) is 11.6 Å². The van der Waals surface area contributed by atoms with Gasteiger partial charge in [-0.05, 0) is 24.1 Å². The fourth-order valence-corrected chi connectivity index (χ4v) is 2.88. The number of hydrogen-bond donors (Lipinski definition) is 3. The van der Waals surface area contributed by atoms with Crippen LogP contribution in [0, 0.1) is 0 Å². The third-order valence-electron chi connectivity index (χ3n) is 4.01. The number of aromatic nitrogens is 2. The number of halogens is 2. The average molecular weight is 355 g/mol. The van der Waals surface area contributed by atoms with E-state index in [2.05, 4.69) is 20.8 Å². The number of carbonyl (C=O) groups excluding carboxylic acids is 1. The molecule has 0 saturated heterocycles. The molecule has 1 amide bonds. The van der Waals surface area contributed by atoms with Crippen molar-refractivity contribution < 1.29 is 4.79 Å². The number of carbonyl (C=O) groups is 1. The van der Waals surface area contributed by atoms with E-state index in [0.717, 1.165) is 36.2 Å². The van der Waals surface area contributed by atoms with Crippen LogP contribution in [0.3, 0.4) is 0 Å². The number of benzene rings is 1. The van der Waals surface area contributed by atoms with Crippen LogP contribution in [-0.4, -0.2) is 22.6 Å². The highest BCUT2D eigenvalue weighted by Gasteiger charge is 2.23. The van der Waals surface area contributed by atoms with Crippen LogP contribution in [-0.2, 0) is 13.0 Å². The molecule has 0 saturated carbocycles. The molecule has 0 radical (unpaired) electrons. The Kier molecular flexibility index (Phi) is 6.04. The van der Waals surface area contributed by atoms with Crippen molar-refractivity contribution in [2.75, 3.05) is 6.54 Å². The van der Waals surface area contributed by atoms with E-state index < -0.39 is 0 Å². The zero-order valence-corrected chi connectivity index (χ0v) is 14.4. The Morgan fingerprint density at radius 1 is 1.39 bits per heavy atom. The number of nitrogens with zero attached hydrogens (tertiary/aromatic N) is 1. The smallest absolute Gasteiger partial charge is 0.272 e. The molecule has 0 fully saturated rings. The van der Waals surface area contributed by atoms with Crippen molar-refractivity contribution in [2.24, 2.45) is 0 Å². The second-order valence-corrected chi connectivity index (χ2v) is 5.88. The van der Waals surface area contributed by atoms with Gasteiger partial charge in [-0.2, -0.15) is 5.10 Å². The van der Waals surface area contributed by atoms with Gasteiger partial charge in [0.2, 0.25) is 0 Å². The summed E-state index contributed by atoms with van der Waals surface area (Å²) in [5.74, 6) is -0.136. The molecule has 7 heteroatoms. The largest absolute Gasteiger partial charge is 0.344 e. The SMILES string of the molecule is CCC(NC(=O)c1n[nH]c2c1CNCC2)c1ccc(Cl)cc1.Cl. The first kappa shape index (κ1) is 17.8. The summed E-state index contributed by atoms with van der Waals surface area (Å²) >= 11 is 5.92. The Morgan fingerprint density at radius 3 is 2.83 bits per heavy atom. The van der Waals surface area contributed by atoms with Crippen LogP contribution in [0.25, 0.3) is 0 Å². The second-order valence-electron chi connectivity index (χ2n) is 5.44. The Labute approximate surface area is 146 Å². The molecule has 124 valence electrons. The highest BCUT2D eigenvalue weighted by molar-refractivity contribution is 6.30. The summed E-state index contributed by atoms with van der Waals surface area (Å²) in [6.07, 6.45) is 1.68. The summed E-state index contributed by atoms with van der Waals surface area (Å²) in [7, 11) is 0. The minimum Gasteiger partial charge on any atom is -0.344 e. The maximum absolute atomic E-state index is 12.5. The number of aromatic amines is 1. The van der Waals surface area contributed by atoms with Crippen molar-refractivity contribution in [3.8, 4) is 0 Å². The lowest BCUT2D eigenvalue weighted by Gasteiger charge is -2.18. The summed E-state index contributed by atoms with van der Waals surface area (Å²) in [5.41, 5.74) is 3.58. The van der Waals surface area contributed by atoms with Gasteiger partial charge >= 0.3 is 0 Å². The first-order valence-electron chi connectivity index (χ1n) is 7.52. The van der Waals surface area contributed by atoms with Gasteiger partial charge in [-0.1, -0.05) is 30.7 Å². The Bertz CT molecular complexity index is 669. The maximum atomic E-state index is 12.5. The van der Waals surface area contributed by atoms with Gasteiger partial charge < -0.3 is 10.6 Å². The molecule has 2 heterocycles. The van der Waals surface area contributed by atoms with Crippen LogP contribution in [0.15, 0.2) is 24.3 Å². The van der Waals surface area contributed by atoms with Gasteiger partial charge in [0.1, 0.15) is 0 Å². The van der Waals surface area contributed by atoms with Gasteiger partial charge in [-0.25, -0.2) is 0 Å².